The first-order valence-electron chi connectivity index (χ1n) is 20.3. The van der Waals surface area contributed by atoms with E-state index in [1.807, 2.05) is 0 Å². The van der Waals surface area contributed by atoms with Gasteiger partial charge in [-0.25, -0.2) is 0 Å². The van der Waals surface area contributed by atoms with E-state index in [-0.39, 0.29) is 5.41 Å². The summed E-state index contributed by atoms with van der Waals surface area (Å²) < 4.78 is 10.9. The summed E-state index contributed by atoms with van der Waals surface area (Å²) >= 11 is 0. The quantitative estimate of drug-likeness (QED) is 0.156. The van der Waals surface area contributed by atoms with Crippen molar-refractivity contribution >= 4 is 60.8 Å². The molecular weight excluding hydrogens is 671 g/mol. The third kappa shape index (κ3) is 2.78. The molecule has 0 amide bonds. The number of rotatable bonds is 1. The maximum absolute atomic E-state index is 2.83. The van der Waals surface area contributed by atoms with Crippen molar-refractivity contribution in [3.05, 3.63) is 149 Å². The average Bonchev–Trinajstić information content (AvgIpc) is 3.85. The highest BCUT2D eigenvalue weighted by atomic mass is 15.5. The van der Waals surface area contributed by atoms with Crippen LogP contribution >= 0.6 is 0 Å². The Kier molecular flexibility index (Phi) is 4.55. The van der Waals surface area contributed by atoms with Crippen LogP contribution in [0.15, 0.2) is 121 Å². The summed E-state index contributed by atoms with van der Waals surface area (Å²) in [5.74, 6) is 3.17. The van der Waals surface area contributed by atoms with Crippen LogP contribution in [0.4, 0.5) is 17.2 Å². The van der Waals surface area contributed by atoms with Crippen molar-refractivity contribution in [2.75, 3.05) is 4.90 Å². The molecule has 5 aromatic carbocycles. The molecule has 15 rings (SSSR count). The zero-order valence-corrected chi connectivity index (χ0v) is 30.9. The predicted octanol–water partition coefficient (Wildman–Crippen LogP) is 10.8. The van der Waals surface area contributed by atoms with Gasteiger partial charge in [0.1, 0.15) is 28.0 Å². The second-order valence-electron chi connectivity index (χ2n) is 17.6. The molecule has 1 unspecified atom stereocenters. The molecule has 5 nitrogen and oxygen atoms in total. The summed E-state index contributed by atoms with van der Waals surface area (Å²) in [6, 6.07) is 47.3. The topological polar surface area (TPSA) is 20.9 Å². The lowest BCUT2D eigenvalue weighted by Crippen LogP contribution is -2.76. The van der Waals surface area contributed by atoms with Gasteiger partial charge in [0.25, 0.3) is 11.6 Å². The summed E-state index contributed by atoms with van der Waals surface area (Å²) in [6.07, 6.45) is 6.51. The number of fused-ring (bicyclic) bond motifs is 12. The van der Waals surface area contributed by atoms with Crippen LogP contribution in [-0.4, -0.2) is 9.13 Å². The Balaban J connectivity index is 1.27. The third-order valence-electron chi connectivity index (χ3n) is 14.9. The number of aromatic nitrogens is 4. The number of nitrogens with zero attached hydrogens (tertiary/aromatic N) is 5. The Morgan fingerprint density at radius 2 is 1.24 bits per heavy atom. The zero-order valence-electron chi connectivity index (χ0n) is 30.9. The largest absolute Gasteiger partial charge is 0.319 e. The van der Waals surface area contributed by atoms with Gasteiger partial charge in [-0.15, -0.1) is 0 Å². The van der Waals surface area contributed by atoms with Crippen LogP contribution in [0.1, 0.15) is 79.7 Å². The normalized spacial score (nSPS) is 19.9. The fourth-order valence-electron chi connectivity index (χ4n) is 12.8. The molecule has 0 N–H and O–H groups in total. The Labute approximate surface area is 317 Å². The van der Waals surface area contributed by atoms with Crippen molar-refractivity contribution in [1.29, 1.82) is 0 Å². The van der Waals surface area contributed by atoms with E-state index in [4.69, 9.17) is 0 Å². The molecule has 5 aliphatic heterocycles. The van der Waals surface area contributed by atoms with Gasteiger partial charge in [0.2, 0.25) is 0 Å². The highest BCUT2D eigenvalue weighted by Crippen LogP contribution is 2.62. The number of benzene rings is 5. The smallest absolute Gasteiger partial charge is 0.308 e. The summed E-state index contributed by atoms with van der Waals surface area (Å²) in [5.41, 5.74) is 17.9. The van der Waals surface area contributed by atoms with E-state index in [9.17, 15) is 0 Å². The van der Waals surface area contributed by atoms with Gasteiger partial charge < -0.3 is 4.57 Å². The Morgan fingerprint density at radius 1 is 0.545 bits per heavy atom. The molecule has 6 aliphatic rings. The summed E-state index contributed by atoms with van der Waals surface area (Å²) in [6.45, 7) is 4.87. The van der Waals surface area contributed by atoms with Crippen molar-refractivity contribution in [2.45, 2.75) is 62.9 Å². The lowest BCUT2D eigenvalue weighted by molar-refractivity contribution is -0.931. The van der Waals surface area contributed by atoms with Crippen LogP contribution in [-0.2, 0) is 11.1 Å². The van der Waals surface area contributed by atoms with Crippen LogP contribution in [0.3, 0.4) is 0 Å². The number of anilines is 3. The molecule has 1 atom stereocenters. The highest BCUT2D eigenvalue weighted by Gasteiger charge is 2.70. The number of hydrogen-bond acceptors (Lipinski definition) is 1. The van der Waals surface area contributed by atoms with Crippen LogP contribution in [0.2, 0.25) is 0 Å². The van der Waals surface area contributed by atoms with E-state index >= 15 is 0 Å². The maximum Gasteiger partial charge on any atom is 0.319 e. The van der Waals surface area contributed by atoms with Crippen LogP contribution in [0.5, 0.6) is 0 Å². The van der Waals surface area contributed by atoms with E-state index < -0.39 is 5.66 Å². The predicted molar refractivity (Wildman–Crippen MR) is 219 cm³/mol. The zero-order chi connectivity index (χ0) is 35.7. The molecule has 4 aromatic heterocycles. The number of para-hydroxylation sites is 3. The van der Waals surface area contributed by atoms with Crippen LogP contribution in [0, 0.1) is 0 Å². The van der Waals surface area contributed by atoms with Crippen molar-refractivity contribution in [3.63, 3.8) is 0 Å². The van der Waals surface area contributed by atoms with E-state index in [0.717, 1.165) is 0 Å². The van der Waals surface area contributed by atoms with Crippen LogP contribution in [0.25, 0.3) is 66.5 Å². The molecule has 1 fully saturated rings. The van der Waals surface area contributed by atoms with Crippen molar-refractivity contribution in [3.8, 4) is 22.9 Å². The molecule has 0 radical (unpaired) electrons. The van der Waals surface area contributed by atoms with Gasteiger partial charge in [-0.2, -0.15) is 18.6 Å². The molecule has 0 bridgehead atoms. The summed E-state index contributed by atoms with van der Waals surface area (Å²) in [7, 11) is 0. The minimum Gasteiger partial charge on any atom is -0.308 e. The summed E-state index contributed by atoms with van der Waals surface area (Å²) in [4.78, 5) is 2.63. The minimum absolute atomic E-state index is 0.194. The van der Waals surface area contributed by atoms with Gasteiger partial charge in [-0.05, 0) is 85.0 Å². The molecule has 55 heavy (non-hydrogen) atoms. The van der Waals surface area contributed by atoms with Gasteiger partial charge in [-0.3, -0.25) is 0 Å². The van der Waals surface area contributed by atoms with Crippen molar-refractivity contribution in [2.24, 2.45) is 0 Å². The first-order chi connectivity index (χ1) is 27.1. The molecule has 9 aromatic rings. The number of hydrogen-bond donors (Lipinski definition) is 0. The SMILES string of the molecule is CC1(C)c2ccccc2N2c3cccc4c3C35c6c7c(cc8c9ccccc9n(c68)-c6cc(C8CCCCC8)cc([n+]63)-c3ccc1c2[n+]35)c1ccccc1n7-4. The Morgan fingerprint density at radius 3 is 2.05 bits per heavy atom. The lowest BCUT2D eigenvalue weighted by atomic mass is 9.72. The molecule has 9 heterocycles. The summed E-state index contributed by atoms with van der Waals surface area (Å²) in [5, 5.41) is 5.32. The third-order valence-corrected chi connectivity index (χ3v) is 14.9. The van der Waals surface area contributed by atoms with E-state index in [1.165, 1.54) is 144 Å². The van der Waals surface area contributed by atoms with Gasteiger partial charge >= 0.3 is 5.66 Å². The Hall–Kier alpha value is -6.20. The van der Waals surface area contributed by atoms with Crippen molar-refractivity contribution in [1.82, 2.24) is 9.13 Å². The second kappa shape index (κ2) is 8.84. The molecule has 0 saturated heterocycles. The van der Waals surface area contributed by atoms with Crippen molar-refractivity contribution < 1.29 is 9.13 Å². The van der Waals surface area contributed by atoms with Gasteiger partial charge in [0.15, 0.2) is 16.9 Å². The Bertz CT molecular complexity index is 3350. The standard InChI is InChI=1S/C50H37N5/c1-49(2)34-17-8-11-20-38(34)52-41-22-12-21-40-44(41)50-45-46-32(30-15-6-9-18-36(30)51(40)46)27-33-31-16-7-10-19-37(31)53(47(33)45)43-26-29(28-13-4-3-5-14-28)25-42(54(43)50)39-24-23-35(49)48(52)55(39)50/h6-12,15-28H,3-5,13-14H2,1-2H3/q+2. The van der Waals surface area contributed by atoms with E-state index in [2.05, 4.69) is 158 Å². The van der Waals surface area contributed by atoms with Crippen LogP contribution < -0.4 is 14.0 Å². The van der Waals surface area contributed by atoms with Gasteiger partial charge in [0, 0.05) is 38.6 Å². The van der Waals surface area contributed by atoms with Gasteiger partial charge in [0.05, 0.1) is 22.3 Å². The van der Waals surface area contributed by atoms with E-state index in [0.29, 0.717) is 5.92 Å². The molecule has 1 spiro atoms. The molecular formula is C50H37N5+2. The monoisotopic (exact) mass is 707 g/mol. The van der Waals surface area contributed by atoms with Gasteiger partial charge in [-0.1, -0.05) is 87.7 Å². The lowest BCUT2D eigenvalue weighted by Gasteiger charge is -2.45. The second-order valence-corrected chi connectivity index (χ2v) is 17.6. The molecule has 5 heteroatoms. The highest BCUT2D eigenvalue weighted by molar-refractivity contribution is 6.22. The fourth-order valence-corrected chi connectivity index (χ4v) is 12.8. The minimum atomic E-state index is -0.631. The molecule has 1 saturated carbocycles. The number of pyridine rings is 2. The average molecular weight is 708 g/mol. The maximum atomic E-state index is 2.83. The first-order valence-corrected chi connectivity index (χ1v) is 20.3. The molecule has 1 aliphatic carbocycles. The van der Waals surface area contributed by atoms with E-state index in [1.54, 1.807) is 0 Å². The fraction of sp³-hybridized carbons (Fsp3) is 0.200. The first kappa shape index (κ1) is 28.3. The molecule has 260 valence electrons.